The van der Waals surface area contributed by atoms with E-state index < -0.39 is 0 Å². The highest BCUT2D eigenvalue weighted by molar-refractivity contribution is 6.31. The number of rotatable bonds is 6. The van der Waals surface area contributed by atoms with Crippen LogP contribution in [0.3, 0.4) is 0 Å². The van der Waals surface area contributed by atoms with Gasteiger partial charge in [0.05, 0.1) is 30.1 Å². The van der Waals surface area contributed by atoms with E-state index in [1.165, 1.54) is 0 Å². The van der Waals surface area contributed by atoms with Gasteiger partial charge in [0.15, 0.2) is 5.89 Å². The lowest BCUT2D eigenvalue weighted by Gasteiger charge is -2.16. The van der Waals surface area contributed by atoms with E-state index in [4.69, 9.17) is 26.6 Å². The maximum absolute atomic E-state index is 6.18. The molecule has 3 N–H and O–H groups in total. The average Bonchev–Trinajstić information content (AvgIpc) is 2.97. The van der Waals surface area contributed by atoms with Gasteiger partial charge >= 0.3 is 0 Å². The number of ether oxygens (including phenoxy) is 1. The monoisotopic (exact) mass is 285 g/mol. The number of nitrogens with one attached hydrogen (secondary N) is 1. The van der Waals surface area contributed by atoms with Crippen molar-refractivity contribution < 1.29 is 9.15 Å². The van der Waals surface area contributed by atoms with Gasteiger partial charge in [0.2, 0.25) is 0 Å². The van der Waals surface area contributed by atoms with Gasteiger partial charge in [-0.25, -0.2) is 10.4 Å². The maximum atomic E-state index is 6.18. The van der Waals surface area contributed by atoms with Crippen LogP contribution in [0.5, 0.6) is 0 Å². The van der Waals surface area contributed by atoms with Gasteiger partial charge in [-0.15, -0.1) is 0 Å². The Morgan fingerprint density at radius 1 is 1.63 bits per heavy atom. The largest absolute Gasteiger partial charge is 0.449 e. The summed E-state index contributed by atoms with van der Waals surface area (Å²) in [5.74, 6) is 6.17. The summed E-state index contributed by atoms with van der Waals surface area (Å²) in [5.41, 5.74) is 4.07. The molecule has 8 heteroatoms. The van der Waals surface area contributed by atoms with E-state index in [1.807, 2.05) is 0 Å². The van der Waals surface area contributed by atoms with Crippen LogP contribution in [0.15, 0.2) is 16.9 Å². The van der Waals surface area contributed by atoms with E-state index in [-0.39, 0.29) is 6.04 Å². The second-order valence-electron chi connectivity index (χ2n) is 3.98. The number of aromatic nitrogens is 3. The van der Waals surface area contributed by atoms with Gasteiger partial charge in [-0.1, -0.05) is 11.6 Å². The second kappa shape index (κ2) is 6.16. The van der Waals surface area contributed by atoms with Crippen molar-refractivity contribution >= 4 is 11.6 Å². The van der Waals surface area contributed by atoms with Crippen molar-refractivity contribution in [3.05, 3.63) is 34.8 Å². The van der Waals surface area contributed by atoms with Gasteiger partial charge in [0.25, 0.3) is 0 Å². The number of oxazole rings is 1. The molecule has 2 aromatic heterocycles. The van der Waals surface area contributed by atoms with Crippen LogP contribution in [0.2, 0.25) is 5.02 Å². The Bertz CT molecular complexity index is 539. The van der Waals surface area contributed by atoms with Crippen LogP contribution >= 0.6 is 11.6 Å². The number of methoxy groups -OCH3 is 1. The van der Waals surface area contributed by atoms with Gasteiger partial charge < -0.3 is 9.15 Å². The Hall–Kier alpha value is -1.41. The van der Waals surface area contributed by atoms with E-state index in [0.29, 0.717) is 29.8 Å². The topological polar surface area (TPSA) is 91.1 Å². The molecule has 104 valence electrons. The fourth-order valence-electron chi connectivity index (χ4n) is 1.83. The molecule has 0 aliphatic heterocycles. The Labute approximate surface area is 115 Å². The highest BCUT2D eigenvalue weighted by Gasteiger charge is 2.23. The van der Waals surface area contributed by atoms with Crippen LogP contribution in [-0.4, -0.2) is 28.5 Å². The fraction of sp³-hybridized carbons (Fsp3) is 0.455. The van der Waals surface area contributed by atoms with Gasteiger partial charge in [0.1, 0.15) is 18.0 Å². The molecular formula is C11H16ClN5O2. The zero-order valence-corrected chi connectivity index (χ0v) is 11.5. The van der Waals surface area contributed by atoms with Gasteiger partial charge in [-0.2, -0.15) is 5.10 Å². The quantitative estimate of drug-likeness (QED) is 0.608. The normalized spacial score (nSPS) is 12.8. The molecule has 1 atom stereocenters. The fourth-order valence-corrected chi connectivity index (χ4v) is 2.08. The predicted molar refractivity (Wildman–Crippen MR) is 69.5 cm³/mol. The molecule has 2 aromatic rings. The number of nitrogens with zero attached hydrogens (tertiary/aromatic N) is 3. The first kappa shape index (κ1) is 14.0. The molecule has 0 spiro atoms. The van der Waals surface area contributed by atoms with Gasteiger partial charge in [0, 0.05) is 14.0 Å². The number of aryl methyl sites for hydroxylation is 1. The molecule has 1 unspecified atom stereocenters. The maximum Gasteiger partial charge on any atom is 0.191 e. The lowest BCUT2D eigenvalue weighted by Crippen LogP contribution is -2.31. The van der Waals surface area contributed by atoms with E-state index in [1.54, 1.807) is 31.2 Å². The molecule has 2 heterocycles. The van der Waals surface area contributed by atoms with E-state index >= 15 is 0 Å². The Morgan fingerprint density at radius 3 is 3.00 bits per heavy atom. The minimum absolute atomic E-state index is 0.385. The zero-order chi connectivity index (χ0) is 13.8. The highest BCUT2D eigenvalue weighted by Crippen LogP contribution is 2.27. The van der Waals surface area contributed by atoms with Crippen molar-refractivity contribution in [1.82, 2.24) is 20.2 Å². The summed E-state index contributed by atoms with van der Waals surface area (Å²) in [4.78, 5) is 4.26. The third-order valence-corrected chi connectivity index (χ3v) is 3.00. The summed E-state index contributed by atoms with van der Waals surface area (Å²) in [6.07, 6.45) is 3.12. The molecule has 2 rings (SSSR count). The SMILES string of the molecule is COCCn1ncc(Cl)c1C(NN)c1coc(C)n1. The third-order valence-electron chi connectivity index (χ3n) is 2.71. The summed E-state index contributed by atoms with van der Waals surface area (Å²) >= 11 is 6.18. The van der Waals surface area contributed by atoms with Crippen LogP contribution in [-0.2, 0) is 11.3 Å². The highest BCUT2D eigenvalue weighted by atomic mass is 35.5. The number of halogens is 1. The number of hydrazine groups is 1. The predicted octanol–water partition coefficient (Wildman–Crippen LogP) is 1.03. The zero-order valence-electron chi connectivity index (χ0n) is 10.8. The molecule has 0 bridgehead atoms. The Balaban J connectivity index is 2.34. The molecule has 0 amide bonds. The average molecular weight is 286 g/mol. The number of hydrogen-bond acceptors (Lipinski definition) is 6. The summed E-state index contributed by atoms with van der Waals surface area (Å²) in [7, 11) is 1.63. The molecule has 19 heavy (non-hydrogen) atoms. The Kier molecular flexibility index (Phi) is 4.54. The smallest absolute Gasteiger partial charge is 0.191 e. The summed E-state index contributed by atoms with van der Waals surface area (Å²) in [5, 5.41) is 4.72. The number of nitrogens with two attached hydrogens (primary N) is 1. The Morgan fingerprint density at radius 2 is 2.42 bits per heavy atom. The second-order valence-corrected chi connectivity index (χ2v) is 4.39. The first-order valence-corrected chi connectivity index (χ1v) is 6.13. The summed E-state index contributed by atoms with van der Waals surface area (Å²) < 4.78 is 12.0. The van der Waals surface area contributed by atoms with Crippen molar-refractivity contribution in [2.45, 2.75) is 19.5 Å². The lowest BCUT2D eigenvalue weighted by atomic mass is 10.1. The molecule has 7 nitrogen and oxygen atoms in total. The van der Waals surface area contributed by atoms with E-state index in [0.717, 1.165) is 5.69 Å². The van der Waals surface area contributed by atoms with Crippen molar-refractivity contribution in [3.8, 4) is 0 Å². The molecule has 0 fully saturated rings. The minimum Gasteiger partial charge on any atom is -0.449 e. The molecule has 0 aliphatic carbocycles. The van der Waals surface area contributed by atoms with Crippen molar-refractivity contribution in [2.75, 3.05) is 13.7 Å². The van der Waals surface area contributed by atoms with Crippen LogP contribution in [0.1, 0.15) is 23.3 Å². The molecule has 0 aliphatic rings. The van der Waals surface area contributed by atoms with Crippen LogP contribution < -0.4 is 11.3 Å². The summed E-state index contributed by atoms with van der Waals surface area (Å²) in [6, 6.07) is -0.385. The van der Waals surface area contributed by atoms with Crippen molar-refractivity contribution in [1.29, 1.82) is 0 Å². The lowest BCUT2D eigenvalue weighted by molar-refractivity contribution is 0.182. The van der Waals surface area contributed by atoms with E-state index in [9.17, 15) is 0 Å². The van der Waals surface area contributed by atoms with Crippen LogP contribution in [0.25, 0.3) is 0 Å². The van der Waals surface area contributed by atoms with Crippen molar-refractivity contribution in [2.24, 2.45) is 5.84 Å². The third kappa shape index (κ3) is 2.95. The molecule has 0 saturated carbocycles. The first-order chi connectivity index (χ1) is 9.17. The number of hydrogen-bond donors (Lipinski definition) is 2. The van der Waals surface area contributed by atoms with Gasteiger partial charge in [-0.05, 0) is 0 Å². The van der Waals surface area contributed by atoms with Crippen LogP contribution in [0.4, 0.5) is 0 Å². The molecule has 0 saturated heterocycles. The molecule has 0 aromatic carbocycles. The first-order valence-electron chi connectivity index (χ1n) is 5.75. The summed E-state index contributed by atoms with van der Waals surface area (Å²) in [6.45, 7) is 2.87. The van der Waals surface area contributed by atoms with Crippen molar-refractivity contribution in [3.63, 3.8) is 0 Å². The van der Waals surface area contributed by atoms with E-state index in [2.05, 4.69) is 15.5 Å². The minimum atomic E-state index is -0.385. The molecule has 0 radical (unpaired) electrons. The van der Waals surface area contributed by atoms with Gasteiger partial charge in [-0.3, -0.25) is 10.5 Å². The van der Waals surface area contributed by atoms with Crippen LogP contribution in [0, 0.1) is 6.92 Å². The standard InChI is InChI=1S/C11H16ClN5O2/c1-7-15-9(6-19-7)10(16-13)11-8(12)5-14-17(11)3-4-18-2/h5-6,10,16H,3-4,13H2,1-2H3. The molecular weight excluding hydrogens is 270 g/mol.